The second-order valence-corrected chi connectivity index (χ2v) is 5.99. The maximum absolute atomic E-state index is 12.5. The van der Waals surface area contributed by atoms with Crippen molar-refractivity contribution in [1.29, 1.82) is 0 Å². The van der Waals surface area contributed by atoms with Gasteiger partial charge in [-0.15, -0.1) is 0 Å². The van der Waals surface area contributed by atoms with Crippen LogP contribution in [0, 0.1) is 0 Å². The molecule has 0 fully saturated rings. The number of carbonyl (C=O) groups is 2. The molecule has 0 aliphatic heterocycles. The third-order valence-electron chi connectivity index (χ3n) is 3.82. The van der Waals surface area contributed by atoms with Crippen LogP contribution in [0.4, 0.5) is 17.1 Å². The number of hydrogen-bond acceptors (Lipinski definition) is 4. The van der Waals surface area contributed by atoms with E-state index in [1.54, 1.807) is 12.1 Å². The summed E-state index contributed by atoms with van der Waals surface area (Å²) in [6.07, 6.45) is 0. The number of rotatable bonds is 7. The van der Waals surface area contributed by atoms with Crippen LogP contribution in [0.1, 0.15) is 13.8 Å². The van der Waals surface area contributed by atoms with Crippen molar-refractivity contribution in [2.75, 3.05) is 42.4 Å². The second kappa shape index (κ2) is 8.89. The fraction of sp³-hybridized carbons (Fsp3) is 0.300. The van der Waals surface area contributed by atoms with Crippen molar-refractivity contribution >= 4 is 28.9 Å². The highest BCUT2D eigenvalue weighted by molar-refractivity contribution is 6.02. The van der Waals surface area contributed by atoms with Gasteiger partial charge in [0.1, 0.15) is 12.3 Å². The number of carbonyl (C=O) groups excluding carboxylic acids is 2. The molecule has 2 aromatic carbocycles. The van der Waals surface area contributed by atoms with E-state index in [9.17, 15) is 9.59 Å². The molecule has 0 saturated carbocycles. The highest BCUT2D eigenvalue weighted by Gasteiger charge is 2.17. The maximum atomic E-state index is 12.5. The van der Waals surface area contributed by atoms with Gasteiger partial charge in [0.15, 0.2) is 0 Å². The van der Waals surface area contributed by atoms with Crippen LogP contribution in [0.3, 0.4) is 0 Å². The predicted molar refractivity (Wildman–Crippen MR) is 105 cm³/mol. The molecule has 6 heteroatoms. The summed E-state index contributed by atoms with van der Waals surface area (Å²) in [6, 6.07) is 14.7. The summed E-state index contributed by atoms with van der Waals surface area (Å²) in [6.45, 7) is 3.76. The first kappa shape index (κ1) is 19.3. The summed E-state index contributed by atoms with van der Waals surface area (Å²) in [5, 5.41) is 2.81. The van der Waals surface area contributed by atoms with Crippen LogP contribution in [-0.4, -0.2) is 39.1 Å². The Bertz CT molecular complexity index is 757. The zero-order valence-corrected chi connectivity index (χ0v) is 15.7. The molecule has 0 unspecified atom stereocenters. The van der Waals surface area contributed by atoms with Crippen molar-refractivity contribution in [1.82, 2.24) is 0 Å². The van der Waals surface area contributed by atoms with Crippen LogP contribution in [0.5, 0.6) is 5.75 Å². The van der Waals surface area contributed by atoms with Gasteiger partial charge in [0.2, 0.25) is 11.8 Å². The molecule has 138 valence electrons. The first-order valence-corrected chi connectivity index (χ1v) is 8.49. The highest BCUT2D eigenvalue weighted by Crippen LogP contribution is 2.24. The van der Waals surface area contributed by atoms with Crippen LogP contribution in [0.15, 0.2) is 48.5 Å². The number of benzene rings is 2. The van der Waals surface area contributed by atoms with Crippen LogP contribution in [0.2, 0.25) is 0 Å². The third-order valence-corrected chi connectivity index (χ3v) is 3.82. The lowest BCUT2D eigenvalue weighted by Gasteiger charge is -2.22. The molecule has 26 heavy (non-hydrogen) atoms. The predicted octanol–water partition coefficient (Wildman–Crippen LogP) is 3.14. The number of anilines is 3. The molecule has 2 amide bonds. The Morgan fingerprint density at radius 1 is 1.00 bits per heavy atom. The first-order chi connectivity index (χ1) is 12.4. The van der Waals surface area contributed by atoms with Gasteiger partial charge in [-0.05, 0) is 43.3 Å². The lowest BCUT2D eigenvalue weighted by molar-refractivity contribution is -0.120. The van der Waals surface area contributed by atoms with Gasteiger partial charge in [0, 0.05) is 32.4 Å². The molecule has 0 aromatic heterocycles. The molecule has 0 bridgehead atoms. The third kappa shape index (κ3) is 4.99. The zero-order valence-electron chi connectivity index (χ0n) is 15.7. The van der Waals surface area contributed by atoms with Crippen LogP contribution >= 0.6 is 0 Å². The molecule has 0 radical (unpaired) electrons. The van der Waals surface area contributed by atoms with Gasteiger partial charge >= 0.3 is 0 Å². The lowest BCUT2D eigenvalue weighted by Crippen LogP contribution is -2.36. The number of para-hydroxylation sites is 2. The van der Waals surface area contributed by atoms with Crippen molar-refractivity contribution < 1.29 is 14.3 Å². The van der Waals surface area contributed by atoms with Gasteiger partial charge < -0.3 is 19.9 Å². The standard InChI is InChI=1S/C20H25N3O3/c1-5-26-19-9-7-6-8-18(19)21-20(25)14-23(15(2)24)17-12-10-16(11-13-17)22(3)4/h6-13H,5,14H2,1-4H3,(H,21,25). The van der Waals surface area contributed by atoms with Gasteiger partial charge in [0.05, 0.1) is 12.3 Å². The van der Waals surface area contributed by atoms with Gasteiger partial charge in [-0.1, -0.05) is 12.1 Å². The van der Waals surface area contributed by atoms with E-state index in [2.05, 4.69) is 5.32 Å². The number of amides is 2. The van der Waals surface area contributed by atoms with E-state index in [0.717, 1.165) is 5.69 Å². The Morgan fingerprint density at radius 3 is 2.19 bits per heavy atom. The molecule has 6 nitrogen and oxygen atoms in total. The highest BCUT2D eigenvalue weighted by atomic mass is 16.5. The quantitative estimate of drug-likeness (QED) is 0.829. The summed E-state index contributed by atoms with van der Waals surface area (Å²) in [5.74, 6) is 0.118. The average molecular weight is 355 g/mol. The summed E-state index contributed by atoms with van der Waals surface area (Å²) in [5.41, 5.74) is 2.29. The minimum absolute atomic E-state index is 0.0723. The molecule has 2 aromatic rings. The Morgan fingerprint density at radius 2 is 1.62 bits per heavy atom. The van der Waals surface area contributed by atoms with Gasteiger partial charge in [-0.3, -0.25) is 9.59 Å². The Labute approximate surface area is 154 Å². The van der Waals surface area contributed by atoms with Gasteiger partial charge in [0.25, 0.3) is 0 Å². The molecule has 0 saturated heterocycles. The van der Waals surface area contributed by atoms with Crippen molar-refractivity contribution in [3.05, 3.63) is 48.5 Å². The fourth-order valence-electron chi connectivity index (χ4n) is 2.50. The molecule has 0 heterocycles. The molecule has 0 spiro atoms. The van der Waals surface area contributed by atoms with E-state index in [1.165, 1.54) is 11.8 Å². The minimum atomic E-state index is -0.288. The van der Waals surface area contributed by atoms with E-state index in [0.29, 0.717) is 23.7 Å². The van der Waals surface area contributed by atoms with Crippen molar-refractivity contribution in [3.63, 3.8) is 0 Å². The van der Waals surface area contributed by atoms with E-state index >= 15 is 0 Å². The Kier molecular flexibility index (Phi) is 6.60. The minimum Gasteiger partial charge on any atom is -0.492 e. The van der Waals surface area contributed by atoms with Gasteiger partial charge in [-0.25, -0.2) is 0 Å². The zero-order chi connectivity index (χ0) is 19.1. The van der Waals surface area contributed by atoms with E-state index < -0.39 is 0 Å². The summed E-state index contributed by atoms with van der Waals surface area (Å²) in [4.78, 5) is 27.9. The SMILES string of the molecule is CCOc1ccccc1NC(=O)CN(C(C)=O)c1ccc(N(C)C)cc1. The number of ether oxygens (including phenoxy) is 1. The van der Waals surface area contributed by atoms with Crippen LogP contribution in [-0.2, 0) is 9.59 Å². The first-order valence-electron chi connectivity index (χ1n) is 8.49. The van der Waals surface area contributed by atoms with E-state index in [1.807, 2.05) is 62.3 Å². The Balaban J connectivity index is 2.12. The molecule has 0 aliphatic carbocycles. The fourth-order valence-corrected chi connectivity index (χ4v) is 2.50. The van der Waals surface area contributed by atoms with Crippen LogP contribution < -0.4 is 19.9 Å². The second-order valence-electron chi connectivity index (χ2n) is 5.99. The molecule has 0 atom stereocenters. The summed E-state index contributed by atoms with van der Waals surface area (Å²) in [7, 11) is 3.89. The molecule has 0 aliphatic rings. The van der Waals surface area contributed by atoms with Crippen molar-refractivity contribution in [2.24, 2.45) is 0 Å². The smallest absolute Gasteiger partial charge is 0.244 e. The number of nitrogens with zero attached hydrogens (tertiary/aromatic N) is 2. The lowest BCUT2D eigenvalue weighted by atomic mass is 10.2. The molecular weight excluding hydrogens is 330 g/mol. The largest absolute Gasteiger partial charge is 0.492 e. The topological polar surface area (TPSA) is 61.9 Å². The van der Waals surface area contributed by atoms with Crippen LogP contribution in [0.25, 0.3) is 0 Å². The summed E-state index contributed by atoms with van der Waals surface area (Å²) >= 11 is 0. The van der Waals surface area contributed by atoms with Crippen molar-refractivity contribution in [3.8, 4) is 5.75 Å². The molecular formula is C20H25N3O3. The Hall–Kier alpha value is -3.02. The average Bonchev–Trinajstić information content (AvgIpc) is 2.61. The number of nitrogens with one attached hydrogen (secondary N) is 1. The maximum Gasteiger partial charge on any atom is 0.244 e. The van der Waals surface area contributed by atoms with Crippen molar-refractivity contribution in [2.45, 2.75) is 13.8 Å². The molecule has 1 N–H and O–H groups in total. The van der Waals surface area contributed by atoms with Gasteiger partial charge in [-0.2, -0.15) is 0 Å². The van der Waals surface area contributed by atoms with E-state index in [-0.39, 0.29) is 18.4 Å². The number of hydrogen-bond donors (Lipinski definition) is 1. The monoisotopic (exact) mass is 355 g/mol. The summed E-state index contributed by atoms with van der Waals surface area (Å²) < 4.78 is 5.51. The van der Waals surface area contributed by atoms with E-state index in [4.69, 9.17) is 4.74 Å². The normalized spacial score (nSPS) is 10.2. The molecule has 2 rings (SSSR count).